The number of methoxy groups -OCH3 is 1. The number of β-amino-alcohol motifs (C(OH)–C–C–N with tert-alkyl or cyclic N) is 2. The van der Waals surface area contributed by atoms with Gasteiger partial charge in [0, 0.05) is 39.3 Å². The Hall–Kier alpha value is -1.14. The number of aliphatic hydroxyl groups is 2. The van der Waals surface area contributed by atoms with Crippen molar-refractivity contribution in [3.05, 3.63) is 29.8 Å². The minimum Gasteiger partial charge on any atom is -0.497 e. The van der Waals surface area contributed by atoms with Crippen LogP contribution in [0.5, 0.6) is 5.75 Å². The second-order valence-electron chi connectivity index (χ2n) is 7.77. The fourth-order valence-corrected chi connectivity index (χ4v) is 2.85. The van der Waals surface area contributed by atoms with Crippen molar-refractivity contribution in [2.75, 3.05) is 46.4 Å². The summed E-state index contributed by atoms with van der Waals surface area (Å²) in [4.78, 5) is 4.60. The molecule has 0 unspecified atom stereocenters. The molecule has 0 bridgehead atoms. The molecule has 0 aromatic heterocycles. The average molecular weight is 336 g/mol. The number of hydrogen-bond acceptors (Lipinski definition) is 5. The number of hydrogen-bond donors (Lipinski definition) is 2. The van der Waals surface area contributed by atoms with Gasteiger partial charge in [-0.3, -0.25) is 9.80 Å². The average Bonchev–Trinajstić information content (AvgIpc) is 2.55. The zero-order valence-electron chi connectivity index (χ0n) is 15.4. The van der Waals surface area contributed by atoms with Gasteiger partial charge in [0.05, 0.1) is 19.3 Å². The van der Waals surface area contributed by atoms with Crippen molar-refractivity contribution >= 4 is 0 Å². The summed E-state index contributed by atoms with van der Waals surface area (Å²) in [5.41, 5.74) is 0.836. The highest BCUT2D eigenvalue weighted by Crippen LogP contribution is 2.21. The minimum absolute atomic E-state index is 0.0817. The molecule has 2 atom stereocenters. The molecule has 1 aromatic carbocycles. The van der Waals surface area contributed by atoms with E-state index in [0.717, 1.165) is 44.0 Å². The zero-order chi connectivity index (χ0) is 17.7. The molecule has 1 heterocycles. The van der Waals surface area contributed by atoms with Crippen molar-refractivity contribution in [3.8, 4) is 5.75 Å². The van der Waals surface area contributed by atoms with Crippen molar-refractivity contribution < 1.29 is 14.9 Å². The monoisotopic (exact) mass is 336 g/mol. The predicted octanol–water partition coefficient (Wildman–Crippen LogP) is 1.75. The first-order chi connectivity index (χ1) is 11.3. The quantitative estimate of drug-likeness (QED) is 0.829. The molecule has 5 nitrogen and oxygen atoms in total. The maximum atomic E-state index is 10.4. The van der Waals surface area contributed by atoms with Gasteiger partial charge in [-0.25, -0.2) is 0 Å². The van der Waals surface area contributed by atoms with Crippen molar-refractivity contribution in [3.63, 3.8) is 0 Å². The molecule has 2 rings (SSSR count). The molecule has 24 heavy (non-hydrogen) atoms. The summed E-state index contributed by atoms with van der Waals surface area (Å²) in [5.74, 6) is 0.803. The van der Waals surface area contributed by atoms with Crippen molar-refractivity contribution in [1.82, 2.24) is 9.80 Å². The number of rotatable bonds is 6. The summed E-state index contributed by atoms with van der Waals surface area (Å²) in [7, 11) is 1.64. The molecule has 2 N–H and O–H groups in total. The van der Waals surface area contributed by atoms with E-state index in [1.165, 1.54) is 0 Å². The molecule has 136 valence electrons. The molecule has 1 aromatic rings. The Bertz CT molecular complexity index is 490. The van der Waals surface area contributed by atoms with Gasteiger partial charge in [0.15, 0.2) is 0 Å². The Balaban J connectivity index is 1.77. The van der Waals surface area contributed by atoms with Crippen LogP contribution in [0.4, 0.5) is 0 Å². The summed E-state index contributed by atoms with van der Waals surface area (Å²) in [6.07, 6.45) is -0.795. The number of aliphatic hydroxyl groups excluding tert-OH is 2. The Morgan fingerprint density at radius 2 is 1.46 bits per heavy atom. The van der Waals surface area contributed by atoms with E-state index in [0.29, 0.717) is 6.54 Å². The van der Waals surface area contributed by atoms with Crippen LogP contribution in [0.3, 0.4) is 0 Å². The smallest absolute Gasteiger partial charge is 0.118 e. The van der Waals surface area contributed by atoms with E-state index in [9.17, 15) is 10.2 Å². The summed E-state index contributed by atoms with van der Waals surface area (Å²) in [5, 5.41) is 20.7. The molecule has 0 spiro atoms. The summed E-state index contributed by atoms with van der Waals surface area (Å²) < 4.78 is 5.15. The molecule has 0 saturated carbocycles. The van der Waals surface area contributed by atoms with Crippen molar-refractivity contribution in [2.24, 2.45) is 5.41 Å². The third-order valence-electron chi connectivity index (χ3n) is 4.83. The Labute approximate surface area is 145 Å². The van der Waals surface area contributed by atoms with E-state index in [4.69, 9.17) is 4.74 Å². The first-order valence-electron chi connectivity index (χ1n) is 8.74. The Morgan fingerprint density at radius 1 is 0.958 bits per heavy atom. The van der Waals surface area contributed by atoms with Gasteiger partial charge < -0.3 is 14.9 Å². The number of benzene rings is 1. The third kappa shape index (κ3) is 5.45. The van der Waals surface area contributed by atoms with Crippen LogP contribution in [0.1, 0.15) is 32.4 Å². The zero-order valence-corrected chi connectivity index (χ0v) is 15.4. The van der Waals surface area contributed by atoms with Crippen LogP contribution in [-0.2, 0) is 0 Å². The van der Waals surface area contributed by atoms with Gasteiger partial charge in [-0.2, -0.15) is 0 Å². The normalized spacial score (nSPS) is 19.9. The minimum atomic E-state index is -0.484. The summed E-state index contributed by atoms with van der Waals surface area (Å²) in [6.45, 7) is 11.3. The topological polar surface area (TPSA) is 56.2 Å². The van der Waals surface area contributed by atoms with Crippen LogP contribution >= 0.6 is 0 Å². The molecule has 1 aliphatic heterocycles. The third-order valence-corrected chi connectivity index (χ3v) is 4.83. The summed E-state index contributed by atoms with van der Waals surface area (Å²) >= 11 is 0. The van der Waals surface area contributed by atoms with E-state index < -0.39 is 6.10 Å². The van der Waals surface area contributed by atoms with E-state index in [1.54, 1.807) is 7.11 Å². The van der Waals surface area contributed by atoms with Crippen LogP contribution in [0, 0.1) is 5.41 Å². The van der Waals surface area contributed by atoms with Gasteiger partial charge in [-0.15, -0.1) is 0 Å². The maximum absolute atomic E-state index is 10.4. The fraction of sp³-hybridized carbons (Fsp3) is 0.684. The molecule has 1 fully saturated rings. The highest BCUT2D eigenvalue weighted by atomic mass is 16.5. The summed E-state index contributed by atoms with van der Waals surface area (Å²) in [6, 6.07) is 7.59. The molecular weight excluding hydrogens is 304 g/mol. The highest BCUT2D eigenvalue weighted by Gasteiger charge is 2.27. The second kappa shape index (κ2) is 8.30. The molecule has 0 amide bonds. The molecule has 0 radical (unpaired) electrons. The first kappa shape index (κ1) is 19.2. The Morgan fingerprint density at radius 3 is 1.92 bits per heavy atom. The predicted molar refractivity (Wildman–Crippen MR) is 96.3 cm³/mol. The number of piperazine rings is 1. The first-order valence-corrected chi connectivity index (χ1v) is 8.74. The molecule has 1 aliphatic rings. The van der Waals surface area contributed by atoms with Crippen molar-refractivity contribution in [2.45, 2.75) is 33.0 Å². The highest BCUT2D eigenvalue weighted by molar-refractivity contribution is 5.28. The maximum Gasteiger partial charge on any atom is 0.118 e. The van der Waals surface area contributed by atoms with E-state index in [1.807, 2.05) is 24.3 Å². The lowest BCUT2D eigenvalue weighted by Crippen LogP contribution is -2.50. The largest absolute Gasteiger partial charge is 0.497 e. The van der Waals surface area contributed by atoms with Crippen molar-refractivity contribution in [1.29, 1.82) is 0 Å². The van der Waals surface area contributed by atoms with E-state index in [-0.39, 0.29) is 11.5 Å². The van der Waals surface area contributed by atoms with Gasteiger partial charge in [-0.05, 0) is 23.1 Å². The standard InChI is InChI=1S/C19H32N2O3/c1-19(2,3)18(23)14-21-11-9-20(10-12-21)13-17(22)15-5-7-16(24-4)8-6-15/h5-8,17-18,22-23H,9-14H2,1-4H3/t17-,18-/m1/s1. The van der Waals surface area contributed by atoms with Crippen LogP contribution in [0.2, 0.25) is 0 Å². The fourth-order valence-electron chi connectivity index (χ4n) is 2.85. The second-order valence-corrected chi connectivity index (χ2v) is 7.77. The van der Waals surface area contributed by atoms with Crippen LogP contribution < -0.4 is 4.74 Å². The SMILES string of the molecule is COc1ccc([C@H](O)CN2CCN(C[C@@H](O)C(C)(C)C)CC2)cc1. The van der Waals surface area contributed by atoms with E-state index in [2.05, 4.69) is 30.6 Å². The van der Waals surface area contributed by atoms with Crippen LogP contribution in [0.25, 0.3) is 0 Å². The van der Waals surface area contributed by atoms with Gasteiger partial charge in [0.25, 0.3) is 0 Å². The molecule has 5 heteroatoms. The lowest BCUT2D eigenvalue weighted by Gasteiger charge is -2.38. The Kier molecular flexibility index (Phi) is 6.63. The molecule has 1 saturated heterocycles. The van der Waals surface area contributed by atoms with Gasteiger partial charge >= 0.3 is 0 Å². The number of ether oxygens (including phenoxy) is 1. The number of nitrogens with zero attached hydrogens (tertiary/aromatic N) is 2. The van der Waals surface area contributed by atoms with E-state index >= 15 is 0 Å². The van der Waals surface area contributed by atoms with Crippen LogP contribution in [-0.4, -0.2) is 72.5 Å². The lowest BCUT2D eigenvalue weighted by atomic mass is 9.89. The van der Waals surface area contributed by atoms with Crippen LogP contribution in [0.15, 0.2) is 24.3 Å². The van der Waals surface area contributed by atoms with Gasteiger partial charge in [0.2, 0.25) is 0 Å². The lowest BCUT2D eigenvalue weighted by molar-refractivity contribution is 0.00718. The van der Waals surface area contributed by atoms with Gasteiger partial charge in [-0.1, -0.05) is 32.9 Å². The molecule has 0 aliphatic carbocycles. The van der Waals surface area contributed by atoms with Gasteiger partial charge in [0.1, 0.15) is 5.75 Å². The molecular formula is C19H32N2O3.